The Labute approximate surface area is 188 Å². The minimum Gasteiger partial charge on any atom is -0.451 e. The Hall–Kier alpha value is -3.73. The molecule has 11 heteroatoms. The summed E-state index contributed by atoms with van der Waals surface area (Å²) in [6.45, 7) is 0.984. The first-order chi connectivity index (χ1) is 15.6. The van der Waals surface area contributed by atoms with Crippen LogP contribution in [0.25, 0.3) is 15.9 Å². The second-order valence-corrected chi connectivity index (χ2v) is 8.00. The number of para-hydroxylation sites is 1. The van der Waals surface area contributed by atoms with Crippen molar-refractivity contribution in [2.45, 2.75) is 13.1 Å². The summed E-state index contributed by atoms with van der Waals surface area (Å²) in [4.78, 5) is 25.3. The van der Waals surface area contributed by atoms with E-state index in [4.69, 9.17) is 4.74 Å². The number of carbonyl (C=O) groups is 2. The fourth-order valence-electron chi connectivity index (χ4n) is 3.13. The molecule has 2 heterocycles. The normalized spacial score (nSPS) is 11.5. The highest BCUT2D eigenvalue weighted by atomic mass is 32.1. The number of rotatable bonds is 5. The third-order valence-corrected chi connectivity index (χ3v) is 5.75. The van der Waals surface area contributed by atoms with E-state index in [9.17, 15) is 27.2 Å². The molecule has 1 N–H and O–H groups in total. The minimum absolute atomic E-state index is 0.185. The highest BCUT2D eigenvalue weighted by molar-refractivity contribution is 7.20. The zero-order chi connectivity index (χ0) is 23.8. The van der Waals surface area contributed by atoms with E-state index in [0.29, 0.717) is 21.6 Å². The number of ether oxygens (including phenoxy) is 1. The lowest BCUT2D eigenvalue weighted by atomic mass is 10.1. The molecule has 0 saturated carbocycles. The summed E-state index contributed by atoms with van der Waals surface area (Å²) in [6, 6.07) is 11.7. The number of alkyl halides is 3. The second kappa shape index (κ2) is 8.66. The van der Waals surface area contributed by atoms with E-state index in [1.807, 2.05) is 0 Å². The summed E-state index contributed by atoms with van der Waals surface area (Å²) < 4.78 is 58.9. The zero-order valence-electron chi connectivity index (χ0n) is 16.9. The first-order valence-electron chi connectivity index (χ1n) is 9.52. The number of esters is 1. The third kappa shape index (κ3) is 4.72. The lowest BCUT2D eigenvalue weighted by molar-refractivity contribution is -0.137. The van der Waals surface area contributed by atoms with Gasteiger partial charge in [-0.2, -0.15) is 18.3 Å². The van der Waals surface area contributed by atoms with Gasteiger partial charge in [0.1, 0.15) is 15.5 Å². The van der Waals surface area contributed by atoms with Crippen molar-refractivity contribution in [1.29, 1.82) is 0 Å². The molecule has 0 saturated heterocycles. The lowest BCUT2D eigenvalue weighted by Crippen LogP contribution is -2.22. The number of hydrogen-bond donors (Lipinski definition) is 1. The van der Waals surface area contributed by atoms with Crippen LogP contribution in [0.15, 0.2) is 54.6 Å². The standard InChI is InChI=1S/C22H15F4N3O3S/c1-12-15-10-18(33-20(15)29(28-12)14-8-6-13(23)7-9-14)21(31)32-11-19(30)27-17-5-3-2-4-16(17)22(24,25)26/h2-10H,11H2,1H3,(H,27,30). The summed E-state index contributed by atoms with van der Waals surface area (Å²) in [6.07, 6.45) is -4.64. The fourth-order valence-corrected chi connectivity index (χ4v) is 4.21. The smallest absolute Gasteiger partial charge is 0.418 e. The molecule has 6 nitrogen and oxygen atoms in total. The van der Waals surface area contributed by atoms with Crippen molar-refractivity contribution in [2.24, 2.45) is 0 Å². The molecule has 0 aliphatic heterocycles. The van der Waals surface area contributed by atoms with Gasteiger partial charge in [0.25, 0.3) is 5.91 Å². The Morgan fingerprint density at radius 3 is 2.52 bits per heavy atom. The molecule has 0 spiro atoms. The number of thiophene rings is 1. The number of halogens is 4. The number of nitrogens with zero attached hydrogens (tertiary/aromatic N) is 2. The molecule has 1 amide bonds. The Balaban J connectivity index is 1.47. The summed E-state index contributed by atoms with van der Waals surface area (Å²) >= 11 is 1.07. The van der Waals surface area contributed by atoms with E-state index in [2.05, 4.69) is 10.4 Å². The van der Waals surface area contributed by atoms with E-state index < -0.39 is 41.7 Å². The molecule has 0 aliphatic carbocycles. The Bertz CT molecular complexity index is 1340. The van der Waals surface area contributed by atoms with Crippen molar-refractivity contribution in [2.75, 3.05) is 11.9 Å². The average Bonchev–Trinajstić information content (AvgIpc) is 3.33. The molecule has 170 valence electrons. The number of fused-ring (bicyclic) bond motifs is 1. The van der Waals surface area contributed by atoms with Crippen LogP contribution in [0.2, 0.25) is 0 Å². The van der Waals surface area contributed by atoms with Crippen molar-refractivity contribution < 1.29 is 31.9 Å². The summed E-state index contributed by atoms with van der Waals surface area (Å²) in [5, 5.41) is 7.19. The van der Waals surface area contributed by atoms with Crippen LogP contribution in [-0.2, 0) is 15.7 Å². The van der Waals surface area contributed by atoms with Gasteiger partial charge in [0.05, 0.1) is 22.6 Å². The van der Waals surface area contributed by atoms with Crippen LogP contribution in [0.4, 0.5) is 23.2 Å². The molecule has 33 heavy (non-hydrogen) atoms. The van der Waals surface area contributed by atoms with Gasteiger partial charge in [-0.3, -0.25) is 4.79 Å². The SMILES string of the molecule is Cc1nn(-c2ccc(F)cc2)c2sc(C(=O)OCC(=O)Nc3ccccc3C(F)(F)F)cc12. The maximum absolute atomic E-state index is 13.2. The second-order valence-electron chi connectivity index (χ2n) is 6.97. The van der Waals surface area contributed by atoms with Gasteiger partial charge in [0.2, 0.25) is 0 Å². The van der Waals surface area contributed by atoms with E-state index in [1.165, 1.54) is 24.3 Å². The largest absolute Gasteiger partial charge is 0.451 e. The van der Waals surface area contributed by atoms with Gasteiger partial charge in [-0.25, -0.2) is 13.9 Å². The number of nitrogens with one attached hydrogen (secondary N) is 1. The van der Waals surface area contributed by atoms with Gasteiger partial charge in [0, 0.05) is 5.39 Å². The van der Waals surface area contributed by atoms with Gasteiger partial charge in [-0.05, 0) is 49.4 Å². The quantitative estimate of drug-likeness (QED) is 0.311. The lowest BCUT2D eigenvalue weighted by Gasteiger charge is -2.13. The minimum atomic E-state index is -4.64. The van der Waals surface area contributed by atoms with Crippen LogP contribution in [0, 0.1) is 12.7 Å². The number of anilines is 1. The summed E-state index contributed by atoms with van der Waals surface area (Å²) in [5.41, 5.74) is -0.206. The van der Waals surface area contributed by atoms with Crippen LogP contribution >= 0.6 is 11.3 Å². The number of benzene rings is 2. The number of carbonyl (C=O) groups excluding carboxylic acids is 2. The summed E-state index contributed by atoms with van der Waals surface area (Å²) in [7, 11) is 0. The average molecular weight is 477 g/mol. The van der Waals surface area contributed by atoms with Gasteiger partial charge >= 0.3 is 12.1 Å². The fraction of sp³-hybridized carbons (Fsp3) is 0.136. The predicted molar refractivity (Wildman–Crippen MR) is 114 cm³/mol. The zero-order valence-corrected chi connectivity index (χ0v) is 17.8. The number of amides is 1. The van der Waals surface area contributed by atoms with Gasteiger partial charge in [0.15, 0.2) is 6.61 Å². The van der Waals surface area contributed by atoms with Crippen LogP contribution in [0.1, 0.15) is 20.9 Å². The Morgan fingerprint density at radius 2 is 1.82 bits per heavy atom. The molecule has 2 aromatic carbocycles. The maximum Gasteiger partial charge on any atom is 0.418 e. The maximum atomic E-state index is 13.2. The highest BCUT2D eigenvalue weighted by Crippen LogP contribution is 2.34. The Kier molecular flexibility index (Phi) is 5.90. The Morgan fingerprint density at radius 1 is 1.12 bits per heavy atom. The number of aryl methyl sites for hydroxylation is 1. The molecule has 0 fully saturated rings. The molecule has 0 aliphatic rings. The monoisotopic (exact) mass is 477 g/mol. The van der Waals surface area contributed by atoms with E-state index in [1.54, 1.807) is 29.8 Å². The molecule has 2 aromatic heterocycles. The van der Waals surface area contributed by atoms with E-state index in [-0.39, 0.29) is 4.88 Å². The van der Waals surface area contributed by atoms with Crippen LogP contribution < -0.4 is 5.32 Å². The van der Waals surface area contributed by atoms with Gasteiger partial charge in [-0.1, -0.05) is 12.1 Å². The molecular formula is C22H15F4N3O3S. The number of hydrogen-bond acceptors (Lipinski definition) is 5. The molecule has 4 rings (SSSR count). The first kappa shape index (κ1) is 22.5. The van der Waals surface area contributed by atoms with Crippen LogP contribution in [-0.4, -0.2) is 28.3 Å². The van der Waals surface area contributed by atoms with E-state index in [0.717, 1.165) is 23.5 Å². The third-order valence-electron chi connectivity index (χ3n) is 4.66. The highest BCUT2D eigenvalue weighted by Gasteiger charge is 2.33. The molecule has 4 aromatic rings. The van der Waals surface area contributed by atoms with Crippen molar-refractivity contribution >= 4 is 39.1 Å². The number of aromatic nitrogens is 2. The van der Waals surface area contributed by atoms with Gasteiger partial charge in [-0.15, -0.1) is 11.3 Å². The van der Waals surface area contributed by atoms with Crippen molar-refractivity contribution in [1.82, 2.24) is 9.78 Å². The van der Waals surface area contributed by atoms with Crippen molar-refractivity contribution in [3.8, 4) is 5.69 Å². The summed E-state index contributed by atoms with van der Waals surface area (Å²) in [5.74, 6) is -2.11. The molecule has 0 unspecified atom stereocenters. The van der Waals surface area contributed by atoms with E-state index >= 15 is 0 Å². The van der Waals surface area contributed by atoms with Crippen molar-refractivity contribution in [3.63, 3.8) is 0 Å². The predicted octanol–water partition coefficient (Wildman–Crippen LogP) is 5.35. The molecular weight excluding hydrogens is 462 g/mol. The first-order valence-corrected chi connectivity index (χ1v) is 10.3. The molecule has 0 atom stereocenters. The van der Waals surface area contributed by atoms with Crippen LogP contribution in [0.3, 0.4) is 0 Å². The molecule has 0 bridgehead atoms. The van der Waals surface area contributed by atoms with Gasteiger partial charge < -0.3 is 10.1 Å². The topological polar surface area (TPSA) is 73.2 Å². The molecule has 0 radical (unpaired) electrons. The van der Waals surface area contributed by atoms with Crippen molar-refractivity contribution in [3.05, 3.63) is 76.5 Å². The van der Waals surface area contributed by atoms with Crippen LogP contribution in [0.5, 0.6) is 0 Å².